The average molecular weight is 266 g/mol. The molecule has 19 heavy (non-hydrogen) atoms. The Balaban J connectivity index is 2.08. The molecule has 1 aromatic rings. The van der Waals surface area contributed by atoms with Gasteiger partial charge in [0.05, 0.1) is 17.4 Å². The van der Waals surface area contributed by atoms with Crippen LogP contribution in [0.4, 0.5) is 0 Å². The lowest BCUT2D eigenvalue weighted by atomic mass is 9.79. The third-order valence-corrected chi connectivity index (χ3v) is 4.40. The normalized spacial score (nSPS) is 29.4. The highest BCUT2D eigenvalue weighted by molar-refractivity contribution is 5.07. The number of hydrogen-bond acceptors (Lipinski definition) is 3. The summed E-state index contributed by atoms with van der Waals surface area (Å²) in [5, 5.41) is 15.4. The van der Waals surface area contributed by atoms with Crippen molar-refractivity contribution < 1.29 is 9.84 Å². The molecule has 0 aromatic carbocycles. The summed E-state index contributed by atoms with van der Waals surface area (Å²) in [5.74, 6) is 0. The topological polar surface area (TPSA) is 47.3 Å². The lowest BCUT2D eigenvalue weighted by molar-refractivity contribution is -0.116. The van der Waals surface area contributed by atoms with Gasteiger partial charge in [-0.25, -0.2) is 0 Å². The van der Waals surface area contributed by atoms with E-state index in [0.717, 1.165) is 37.8 Å². The predicted octanol–water partition coefficient (Wildman–Crippen LogP) is 2.72. The van der Waals surface area contributed by atoms with Crippen molar-refractivity contribution in [2.45, 2.75) is 70.1 Å². The summed E-state index contributed by atoms with van der Waals surface area (Å²) in [6.45, 7) is 4.31. The Kier molecular flexibility index (Phi) is 4.63. The Morgan fingerprint density at radius 1 is 1.58 bits per heavy atom. The summed E-state index contributed by atoms with van der Waals surface area (Å²) in [6.07, 6.45) is 7.57. The van der Waals surface area contributed by atoms with Gasteiger partial charge in [-0.1, -0.05) is 19.8 Å². The molecule has 1 saturated carbocycles. The van der Waals surface area contributed by atoms with Crippen LogP contribution in [0, 0.1) is 0 Å². The lowest BCUT2D eigenvalue weighted by Gasteiger charge is -2.38. The van der Waals surface area contributed by atoms with Crippen LogP contribution in [-0.2, 0) is 11.2 Å². The standard InChI is InChI=1S/C15H26N2O2/c1-4-12(2)17-10-8-13(16-17)11-15(18)9-6-5-7-14(15)19-3/h8,10,12,14,18H,4-7,9,11H2,1-3H3. The number of ether oxygens (including phenoxy) is 1. The van der Waals surface area contributed by atoms with E-state index in [0.29, 0.717) is 12.5 Å². The van der Waals surface area contributed by atoms with E-state index in [1.807, 2.05) is 16.9 Å². The van der Waals surface area contributed by atoms with E-state index in [-0.39, 0.29) is 6.10 Å². The number of methoxy groups -OCH3 is 1. The number of aromatic nitrogens is 2. The highest BCUT2D eigenvalue weighted by atomic mass is 16.5. The largest absolute Gasteiger partial charge is 0.387 e. The molecule has 1 aromatic heterocycles. The molecule has 3 atom stereocenters. The SMILES string of the molecule is CCC(C)n1ccc(CC2(O)CCCCC2OC)n1. The van der Waals surface area contributed by atoms with Crippen LogP contribution >= 0.6 is 0 Å². The van der Waals surface area contributed by atoms with E-state index in [9.17, 15) is 5.11 Å². The zero-order valence-corrected chi connectivity index (χ0v) is 12.3. The van der Waals surface area contributed by atoms with E-state index in [2.05, 4.69) is 18.9 Å². The van der Waals surface area contributed by atoms with Crippen molar-refractivity contribution in [2.75, 3.05) is 7.11 Å². The Morgan fingerprint density at radius 2 is 2.37 bits per heavy atom. The fourth-order valence-electron chi connectivity index (χ4n) is 2.95. The third-order valence-electron chi connectivity index (χ3n) is 4.40. The molecule has 0 saturated heterocycles. The fourth-order valence-corrected chi connectivity index (χ4v) is 2.95. The van der Waals surface area contributed by atoms with Gasteiger partial charge < -0.3 is 9.84 Å². The van der Waals surface area contributed by atoms with Crippen LogP contribution in [0.15, 0.2) is 12.3 Å². The van der Waals surface area contributed by atoms with Crippen LogP contribution in [0.1, 0.15) is 57.7 Å². The van der Waals surface area contributed by atoms with Crippen LogP contribution < -0.4 is 0 Å². The monoisotopic (exact) mass is 266 g/mol. The molecule has 1 N–H and O–H groups in total. The van der Waals surface area contributed by atoms with Gasteiger partial charge in [-0.15, -0.1) is 0 Å². The van der Waals surface area contributed by atoms with Gasteiger partial charge in [-0.3, -0.25) is 4.68 Å². The molecular formula is C15H26N2O2. The molecule has 3 unspecified atom stereocenters. The second kappa shape index (κ2) is 6.06. The van der Waals surface area contributed by atoms with E-state index >= 15 is 0 Å². The van der Waals surface area contributed by atoms with Gasteiger partial charge in [-0.2, -0.15) is 5.10 Å². The maximum Gasteiger partial charge on any atom is 0.0963 e. The van der Waals surface area contributed by atoms with Crippen molar-refractivity contribution in [3.63, 3.8) is 0 Å². The molecule has 1 fully saturated rings. The molecule has 4 nitrogen and oxygen atoms in total. The number of hydrogen-bond donors (Lipinski definition) is 1. The minimum atomic E-state index is -0.748. The number of rotatable bonds is 5. The highest BCUT2D eigenvalue weighted by Crippen LogP contribution is 2.33. The van der Waals surface area contributed by atoms with E-state index in [4.69, 9.17) is 4.74 Å². The second-order valence-electron chi connectivity index (χ2n) is 5.79. The maximum absolute atomic E-state index is 10.8. The summed E-state index contributed by atoms with van der Waals surface area (Å²) < 4.78 is 7.46. The van der Waals surface area contributed by atoms with Crippen molar-refractivity contribution in [3.8, 4) is 0 Å². The molecule has 0 radical (unpaired) electrons. The minimum absolute atomic E-state index is 0.0602. The van der Waals surface area contributed by atoms with Crippen LogP contribution in [0.3, 0.4) is 0 Å². The van der Waals surface area contributed by atoms with Gasteiger partial charge in [-0.05, 0) is 32.3 Å². The van der Waals surface area contributed by atoms with Gasteiger partial charge in [0.1, 0.15) is 0 Å². The molecule has 0 amide bonds. The molecule has 0 aliphatic heterocycles. The first kappa shape index (κ1) is 14.5. The number of aliphatic hydroxyl groups is 1. The van der Waals surface area contributed by atoms with E-state index in [1.165, 1.54) is 0 Å². The molecule has 2 rings (SSSR count). The molecule has 1 aliphatic carbocycles. The molecule has 4 heteroatoms. The summed E-state index contributed by atoms with van der Waals surface area (Å²) in [7, 11) is 1.69. The predicted molar refractivity (Wildman–Crippen MR) is 75.1 cm³/mol. The summed E-state index contributed by atoms with van der Waals surface area (Å²) in [4.78, 5) is 0. The first-order chi connectivity index (χ1) is 9.09. The molecule has 0 bridgehead atoms. The van der Waals surface area contributed by atoms with Crippen molar-refractivity contribution in [1.29, 1.82) is 0 Å². The first-order valence-corrected chi connectivity index (χ1v) is 7.38. The van der Waals surface area contributed by atoms with E-state index in [1.54, 1.807) is 7.11 Å². The van der Waals surface area contributed by atoms with Gasteiger partial charge in [0.25, 0.3) is 0 Å². The fraction of sp³-hybridized carbons (Fsp3) is 0.800. The van der Waals surface area contributed by atoms with Crippen molar-refractivity contribution in [3.05, 3.63) is 18.0 Å². The summed E-state index contributed by atoms with van der Waals surface area (Å²) in [6, 6.07) is 2.43. The van der Waals surface area contributed by atoms with Gasteiger partial charge in [0, 0.05) is 25.8 Å². The first-order valence-electron chi connectivity index (χ1n) is 7.38. The smallest absolute Gasteiger partial charge is 0.0963 e. The molecule has 0 spiro atoms. The third kappa shape index (κ3) is 3.18. The molecule has 1 aliphatic rings. The number of nitrogens with zero attached hydrogens (tertiary/aromatic N) is 2. The van der Waals surface area contributed by atoms with Crippen LogP contribution in [0.25, 0.3) is 0 Å². The Bertz CT molecular complexity index is 405. The lowest BCUT2D eigenvalue weighted by Crippen LogP contribution is -2.47. The average Bonchev–Trinajstić information content (AvgIpc) is 2.86. The zero-order valence-electron chi connectivity index (χ0n) is 12.3. The second-order valence-corrected chi connectivity index (χ2v) is 5.79. The molecular weight excluding hydrogens is 240 g/mol. The van der Waals surface area contributed by atoms with Crippen molar-refractivity contribution in [2.24, 2.45) is 0 Å². The van der Waals surface area contributed by atoms with Crippen LogP contribution in [0.5, 0.6) is 0 Å². The Hall–Kier alpha value is -0.870. The van der Waals surface area contributed by atoms with Crippen molar-refractivity contribution >= 4 is 0 Å². The molecule has 1 heterocycles. The van der Waals surface area contributed by atoms with Gasteiger partial charge >= 0.3 is 0 Å². The minimum Gasteiger partial charge on any atom is -0.387 e. The molecule has 108 valence electrons. The highest BCUT2D eigenvalue weighted by Gasteiger charge is 2.39. The summed E-state index contributed by atoms with van der Waals surface area (Å²) in [5.41, 5.74) is 0.216. The quantitative estimate of drug-likeness (QED) is 0.891. The summed E-state index contributed by atoms with van der Waals surface area (Å²) >= 11 is 0. The zero-order chi connectivity index (χ0) is 13.9. The maximum atomic E-state index is 10.8. The Labute approximate surface area is 115 Å². The van der Waals surface area contributed by atoms with Gasteiger partial charge in [0.2, 0.25) is 0 Å². The van der Waals surface area contributed by atoms with E-state index < -0.39 is 5.60 Å². The Morgan fingerprint density at radius 3 is 3.05 bits per heavy atom. The van der Waals surface area contributed by atoms with Crippen LogP contribution in [0.2, 0.25) is 0 Å². The van der Waals surface area contributed by atoms with Crippen LogP contribution in [-0.4, -0.2) is 33.7 Å². The van der Waals surface area contributed by atoms with Crippen molar-refractivity contribution in [1.82, 2.24) is 9.78 Å². The van der Waals surface area contributed by atoms with Gasteiger partial charge in [0.15, 0.2) is 0 Å².